The molecule has 0 spiro atoms. The summed E-state index contributed by atoms with van der Waals surface area (Å²) in [5.41, 5.74) is 3.47. The van der Waals surface area contributed by atoms with Gasteiger partial charge in [0.25, 0.3) is 5.91 Å². The predicted molar refractivity (Wildman–Crippen MR) is 113 cm³/mol. The van der Waals surface area contributed by atoms with E-state index >= 15 is 0 Å². The van der Waals surface area contributed by atoms with Crippen LogP contribution in [0.4, 0.5) is 11.4 Å². The Bertz CT molecular complexity index is 812. The van der Waals surface area contributed by atoms with Crippen molar-refractivity contribution in [1.82, 2.24) is 10.2 Å². The lowest BCUT2D eigenvalue weighted by molar-refractivity contribution is -0.120. The van der Waals surface area contributed by atoms with Crippen LogP contribution in [-0.2, 0) is 11.2 Å². The summed E-state index contributed by atoms with van der Waals surface area (Å²) in [7, 11) is 3.76. The maximum atomic E-state index is 12.7. The van der Waals surface area contributed by atoms with Crippen molar-refractivity contribution in [2.45, 2.75) is 12.8 Å². The quantitative estimate of drug-likeness (QED) is 0.808. The Balaban J connectivity index is 1.64. The lowest BCUT2D eigenvalue weighted by Gasteiger charge is -2.34. The highest BCUT2D eigenvalue weighted by molar-refractivity contribution is 6.04. The van der Waals surface area contributed by atoms with Crippen LogP contribution in [0.15, 0.2) is 48.5 Å². The summed E-state index contributed by atoms with van der Waals surface area (Å²) >= 11 is 0. The molecule has 0 atom stereocenters. The first-order valence-electron chi connectivity index (χ1n) is 9.70. The fourth-order valence-corrected chi connectivity index (χ4v) is 3.32. The maximum Gasteiger partial charge on any atom is 0.255 e. The van der Waals surface area contributed by atoms with E-state index in [1.54, 1.807) is 7.05 Å². The van der Waals surface area contributed by atoms with Crippen LogP contribution in [0.5, 0.6) is 0 Å². The first-order valence-corrected chi connectivity index (χ1v) is 9.70. The fourth-order valence-electron chi connectivity index (χ4n) is 3.32. The third-order valence-electron chi connectivity index (χ3n) is 5.16. The minimum absolute atomic E-state index is 0.0133. The SMILES string of the molecule is CNC(=O)CCc1ccccc1NC(=O)c1ccc(N2CCN(C)CC2)cc1. The summed E-state index contributed by atoms with van der Waals surface area (Å²) in [5, 5.41) is 5.61. The molecule has 1 saturated heterocycles. The van der Waals surface area contributed by atoms with E-state index in [0.717, 1.165) is 43.1 Å². The van der Waals surface area contributed by atoms with Crippen molar-refractivity contribution in [1.29, 1.82) is 0 Å². The molecule has 2 aromatic rings. The fraction of sp³-hybridized carbons (Fsp3) is 0.364. The normalized spacial score (nSPS) is 14.6. The van der Waals surface area contributed by atoms with Crippen molar-refractivity contribution in [2.75, 3.05) is 50.5 Å². The molecular formula is C22H28N4O2. The minimum atomic E-state index is -0.141. The molecule has 6 nitrogen and oxygen atoms in total. The average Bonchev–Trinajstić information content (AvgIpc) is 2.73. The summed E-state index contributed by atoms with van der Waals surface area (Å²) in [6.45, 7) is 4.10. The number of rotatable bonds is 6. The molecule has 3 rings (SSSR count). The zero-order valence-corrected chi connectivity index (χ0v) is 16.6. The van der Waals surface area contributed by atoms with Gasteiger partial charge in [0.2, 0.25) is 5.91 Å². The largest absolute Gasteiger partial charge is 0.369 e. The van der Waals surface area contributed by atoms with E-state index in [1.807, 2.05) is 48.5 Å². The zero-order chi connectivity index (χ0) is 19.9. The molecule has 28 heavy (non-hydrogen) atoms. The molecular weight excluding hydrogens is 352 g/mol. The van der Waals surface area contributed by atoms with Crippen molar-refractivity contribution in [2.24, 2.45) is 0 Å². The Labute approximate surface area is 166 Å². The number of aryl methyl sites for hydroxylation is 1. The van der Waals surface area contributed by atoms with Crippen LogP contribution in [0.2, 0.25) is 0 Å². The van der Waals surface area contributed by atoms with Gasteiger partial charge in [-0.15, -0.1) is 0 Å². The smallest absolute Gasteiger partial charge is 0.255 e. The molecule has 1 fully saturated rings. The topological polar surface area (TPSA) is 64.7 Å². The third kappa shape index (κ3) is 5.10. The van der Waals surface area contributed by atoms with Gasteiger partial charge >= 0.3 is 0 Å². The van der Waals surface area contributed by atoms with E-state index in [4.69, 9.17) is 0 Å². The van der Waals surface area contributed by atoms with Crippen molar-refractivity contribution < 1.29 is 9.59 Å². The van der Waals surface area contributed by atoms with Gasteiger partial charge in [0.1, 0.15) is 0 Å². The lowest BCUT2D eigenvalue weighted by atomic mass is 10.1. The second-order valence-electron chi connectivity index (χ2n) is 7.12. The number of benzene rings is 2. The Hall–Kier alpha value is -2.86. The minimum Gasteiger partial charge on any atom is -0.369 e. The number of para-hydroxylation sites is 1. The van der Waals surface area contributed by atoms with Gasteiger partial charge in [-0.05, 0) is 49.4 Å². The summed E-state index contributed by atoms with van der Waals surface area (Å²) in [6.07, 6.45) is 0.974. The molecule has 1 aliphatic heterocycles. The van der Waals surface area contributed by atoms with E-state index in [1.165, 1.54) is 0 Å². The number of hydrogen-bond acceptors (Lipinski definition) is 4. The summed E-state index contributed by atoms with van der Waals surface area (Å²) < 4.78 is 0. The Morgan fingerprint density at radius 1 is 0.964 bits per heavy atom. The van der Waals surface area contributed by atoms with Gasteiger partial charge in [-0.1, -0.05) is 18.2 Å². The van der Waals surface area contributed by atoms with E-state index in [0.29, 0.717) is 18.4 Å². The molecule has 6 heteroatoms. The predicted octanol–water partition coefficient (Wildman–Crippen LogP) is 2.37. The average molecular weight is 380 g/mol. The van der Waals surface area contributed by atoms with Gasteiger partial charge < -0.3 is 20.4 Å². The van der Waals surface area contributed by atoms with Gasteiger partial charge in [0.05, 0.1) is 0 Å². The van der Waals surface area contributed by atoms with Gasteiger partial charge in [0, 0.05) is 56.6 Å². The second-order valence-corrected chi connectivity index (χ2v) is 7.12. The molecule has 0 aliphatic carbocycles. The van der Waals surface area contributed by atoms with E-state index in [9.17, 15) is 9.59 Å². The highest BCUT2D eigenvalue weighted by Gasteiger charge is 2.15. The molecule has 2 N–H and O–H groups in total. The summed E-state index contributed by atoms with van der Waals surface area (Å²) in [5.74, 6) is -0.155. The number of hydrogen-bond donors (Lipinski definition) is 2. The summed E-state index contributed by atoms with van der Waals surface area (Å²) in [4.78, 5) is 28.9. The molecule has 1 aliphatic rings. The van der Waals surface area contributed by atoms with Crippen LogP contribution in [0, 0.1) is 0 Å². The number of likely N-dealkylation sites (N-methyl/N-ethyl adjacent to an activating group) is 1. The summed E-state index contributed by atoms with van der Waals surface area (Å²) in [6, 6.07) is 15.4. The Morgan fingerprint density at radius 2 is 1.64 bits per heavy atom. The van der Waals surface area contributed by atoms with E-state index in [-0.39, 0.29) is 11.8 Å². The molecule has 0 aromatic heterocycles. The molecule has 0 radical (unpaired) electrons. The van der Waals surface area contributed by atoms with Crippen LogP contribution in [0.1, 0.15) is 22.3 Å². The maximum absolute atomic E-state index is 12.7. The number of nitrogens with one attached hydrogen (secondary N) is 2. The van der Waals surface area contributed by atoms with Gasteiger partial charge in [-0.2, -0.15) is 0 Å². The molecule has 2 aromatic carbocycles. The van der Waals surface area contributed by atoms with Gasteiger partial charge in [0.15, 0.2) is 0 Å². The van der Waals surface area contributed by atoms with Crippen molar-refractivity contribution in [3.05, 3.63) is 59.7 Å². The van der Waals surface area contributed by atoms with E-state index in [2.05, 4.69) is 27.5 Å². The lowest BCUT2D eigenvalue weighted by Crippen LogP contribution is -2.44. The van der Waals surface area contributed by atoms with Crippen LogP contribution >= 0.6 is 0 Å². The Morgan fingerprint density at radius 3 is 2.32 bits per heavy atom. The number of nitrogens with zero attached hydrogens (tertiary/aromatic N) is 2. The van der Waals surface area contributed by atoms with Crippen molar-refractivity contribution >= 4 is 23.2 Å². The van der Waals surface area contributed by atoms with Crippen molar-refractivity contribution in [3.63, 3.8) is 0 Å². The molecule has 0 saturated carbocycles. The van der Waals surface area contributed by atoms with Crippen LogP contribution in [0.25, 0.3) is 0 Å². The first kappa shape index (κ1) is 19.9. The van der Waals surface area contributed by atoms with Crippen LogP contribution < -0.4 is 15.5 Å². The number of carbonyl (C=O) groups excluding carboxylic acids is 2. The van der Waals surface area contributed by atoms with E-state index < -0.39 is 0 Å². The number of piperazine rings is 1. The highest BCUT2D eigenvalue weighted by atomic mass is 16.2. The molecule has 2 amide bonds. The zero-order valence-electron chi connectivity index (χ0n) is 16.6. The van der Waals surface area contributed by atoms with Gasteiger partial charge in [-0.25, -0.2) is 0 Å². The number of amides is 2. The third-order valence-corrected chi connectivity index (χ3v) is 5.16. The second kappa shape index (κ2) is 9.37. The Kier molecular flexibility index (Phi) is 6.66. The number of carbonyl (C=O) groups is 2. The molecule has 1 heterocycles. The molecule has 0 bridgehead atoms. The number of anilines is 2. The standard InChI is InChI=1S/C22H28N4O2/c1-23-21(27)12-9-17-5-3-4-6-20(17)24-22(28)18-7-10-19(11-8-18)26-15-13-25(2)14-16-26/h3-8,10-11H,9,12-16H2,1-2H3,(H,23,27)(H,24,28). The highest BCUT2D eigenvalue weighted by Crippen LogP contribution is 2.20. The monoisotopic (exact) mass is 380 g/mol. The van der Waals surface area contributed by atoms with Crippen LogP contribution in [-0.4, -0.2) is 57.0 Å². The van der Waals surface area contributed by atoms with Crippen LogP contribution in [0.3, 0.4) is 0 Å². The van der Waals surface area contributed by atoms with Crippen molar-refractivity contribution in [3.8, 4) is 0 Å². The molecule has 148 valence electrons. The molecule has 0 unspecified atom stereocenters. The first-order chi connectivity index (χ1) is 13.6. The van der Waals surface area contributed by atoms with Gasteiger partial charge in [-0.3, -0.25) is 9.59 Å².